The van der Waals surface area contributed by atoms with Gasteiger partial charge in [0.15, 0.2) is 0 Å². The number of hydrogen-bond acceptors (Lipinski definition) is 4. The minimum Gasteiger partial charge on any atom is -0.493 e. The number of ether oxygens (including phenoxy) is 2. The number of hydrogen-bond donors (Lipinski definition) is 0. The first kappa shape index (κ1) is 15.8. The molecule has 0 bridgehead atoms. The summed E-state index contributed by atoms with van der Waals surface area (Å²) in [7, 11) is 0. The molecule has 0 aliphatic carbocycles. The molecule has 0 unspecified atom stereocenters. The van der Waals surface area contributed by atoms with Crippen LogP contribution in [0.15, 0.2) is 48.5 Å². The number of carbonyl (C=O) groups is 2. The van der Waals surface area contributed by atoms with Crippen molar-refractivity contribution in [1.29, 1.82) is 0 Å². The van der Waals surface area contributed by atoms with Gasteiger partial charge in [-0.05, 0) is 36.2 Å². The fourth-order valence-electron chi connectivity index (χ4n) is 1.93. The molecule has 0 N–H and O–H groups in total. The molecule has 0 heterocycles. The van der Waals surface area contributed by atoms with Crippen LogP contribution in [0.3, 0.4) is 0 Å². The van der Waals surface area contributed by atoms with E-state index in [9.17, 15) is 9.59 Å². The number of aldehydes is 1. The van der Waals surface area contributed by atoms with Gasteiger partial charge in [-0.25, -0.2) is 0 Å². The van der Waals surface area contributed by atoms with Crippen LogP contribution in [-0.2, 0) is 16.1 Å². The van der Waals surface area contributed by atoms with Crippen LogP contribution < -0.4 is 4.74 Å². The van der Waals surface area contributed by atoms with Gasteiger partial charge in [0.2, 0.25) is 0 Å². The Labute approximate surface area is 129 Å². The number of carbonyl (C=O) groups excluding carboxylic acids is 2. The minimum atomic E-state index is -0.301. The van der Waals surface area contributed by atoms with Gasteiger partial charge in [0.05, 0.1) is 13.0 Å². The van der Waals surface area contributed by atoms with Crippen molar-refractivity contribution in [1.82, 2.24) is 0 Å². The second kappa shape index (κ2) is 7.98. The summed E-state index contributed by atoms with van der Waals surface area (Å²) in [5.41, 5.74) is 2.44. The molecule has 0 aromatic heterocycles. The van der Waals surface area contributed by atoms with Crippen LogP contribution in [0.25, 0.3) is 0 Å². The molecule has 0 radical (unpaired) electrons. The molecule has 4 nitrogen and oxygen atoms in total. The molecule has 22 heavy (non-hydrogen) atoms. The number of rotatable bonds is 7. The van der Waals surface area contributed by atoms with E-state index in [1.807, 2.05) is 37.3 Å². The van der Waals surface area contributed by atoms with Gasteiger partial charge in [-0.3, -0.25) is 9.59 Å². The summed E-state index contributed by atoms with van der Waals surface area (Å²) < 4.78 is 10.7. The van der Waals surface area contributed by atoms with E-state index in [4.69, 9.17) is 9.47 Å². The van der Waals surface area contributed by atoms with Crippen molar-refractivity contribution in [2.75, 3.05) is 6.61 Å². The van der Waals surface area contributed by atoms with Crippen molar-refractivity contribution >= 4 is 12.3 Å². The van der Waals surface area contributed by atoms with Crippen LogP contribution in [-0.4, -0.2) is 18.9 Å². The molecule has 114 valence electrons. The van der Waals surface area contributed by atoms with E-state index in [1.165, 1.54) is 0 Å². The van der Waals surface area contributed by atoms with E-state index < -0.39 is 0 Å². The number of aryl methyl sites for hydroxylation is 1. The van der Waals surface area contributed by atoms with Crippen LogP contribution >= 0.6 is 0 Å². The third-order valence-electron chi connectivity index (χ3n) is 3.19. The third kappa shape index (κ3) is 4.74. The smallest absolute Gasteiger partial charge is 0.309 e. The first-order valence-corrected chi connectivity index (χ1v) is 7.07. The molecule has 0 atom stereocenters. The van der Waals surface area contributed by atoms with Gasteiger partial charge in [-0.15, -0.1) is 0 Å². The highest BCUT2D eigenvalue weighted by molar-refractivity contribution is 5.77. The van der Waals surface area contributed by atoms with Crippen LogP contribution in [0.5, 0.6) is 5.75 Å². The standard InChI is InChI=1S/C18H18O4/c1-14-11-17(8-7-16(14)12-19)21-10-9-18(20)22-13-15-5-3-2-4-6-15/h2-8,11-12H,9-10,13H2,1H3. The average Bonchev–Trinajstić information content (AvgIpc) is 2.54. The van der Waals surface area contributed by atoms with Crippen LogP contribution in [0.4, 0.5) is 0 Å². The first-order chi connectivity index (χ1) is 10.7. The van der Waals surface area contributed by atoms with Gasteiger partial charge in [0.1, 0.15) is 18.6 Å². The Kier molecular flexibility index (Phi) is 5.72. The predicted molar refractivity (Wildman–Crippen MR) is 82.9 cm³/mol. The monoisotopic (exact) mass is 298 g/mol. The maximum atomic E-state index is 11.6. The zero-order valence-electron chi connectivity index (χ0n) is 12.5. The lowest BCUT2D eigenvalue weighted by Gasteiger charge is -2.08. The zero-order chi connectivity index (χ0) is 15.8. The zero-order valence-corrected chi connectivity index (χ0v) is 12.5. The van der Waals surface area contributed by atoms with Crippen molar-refractivity contribution < 1.29 is 19.1 Å². The minimum absolute atomic E-state index is 0.182. The predicted octanol–water partition coefficient (Wildman–Crippen LogP) is 3.32. The van der Waals surface area contributed by atoms with Crippen molar-refractivity contribution in [2.24, 2.45) is 0 Å². The molecule has 0 aliphatic rings. The number of benzene rings is 2. The summed E-state index contributed by atoms with van der Waals surface area (Å²) in [6.07, 6.45) is 0.987. The topological polar surface area (TPSA) is 52.6 Å². The van der Waals surface area contributed by atoms with E-state index in [2.05, 4.69) is 0 Å². The summed E-state index contributed by atoms with van der Waals surface area (Å²) in [5, 5.41) is 0. The highest BCUT2D eigenvalue weighted by atomic mass is 16.5. The Morgan fingerprint density at radius 1 is 1.14 bits per heavy atom. The van der Waals surface area contributed by atoms with Gasteiger partial charge < -0.3 is 9.47 Å². The van der Waals surface area contributed by atoms with Gasteiger partial charge in [0, 0.05) is 5.56 Å². The highest BCUT2D eigenvalue weighted by Gasteiger charge is 2.05. The molecule has 0 amide bonds. The lowest BCUT2D eigenvalue weighted by Crippen LogP contribution is -2.10. The Morgan fingerprint density at radius 3 is 2.59 bits per heavy atom. The maximum Gasteiger partial charge on any atom is 0.309 e. The Balaban J connectivity index is 1.73. The van der Waals surface area contributed by atoms with E-state index in [-0.39, 0.29) is 25.6 Å². The van der Waals surface area contributed by atoms with Gasteiger partial charge in [0.25, 0.3) is 0 Å². The largest absolute Gasteiger partial charge is 0.493 e. The molecular weight excluding hydrogens is 280 g/mol. The van der Waals surface area contributed by atoms with Crippen molar-refractivity contribution in [3.8, 4) is 5.75 Å². The summed E-state index contributed by atoms with van der Waals surface area (Å²) in [6, 6.07) is 14.7. The lowest BCUT2D eigenvalue weighted by molar-refractivity contribution is -0.145. The molecular formula is C18H18O4. The molecule has 0 spiro atoms. The summed E-state index contributed by atoms with van der Waals surface area (Å²) >= 11 is 0. The lowest BCUT2D eigenvalue weighted by atomic mass is 10.1. The number of esters is 1. The second-order valence-electron chi connectivity index (χ2n) is 4.88. The SMILES string of the molecule is Cc1cc(OCCC(=O)OCc2ccccc2)ccc1C=O. The molecule has 2 aromatic carbocycles. The molecule has 0 saturated carbocycles. The van der Waals surface area contributed by atoms with Crippen LogP contribution in [0, 0.1) is 6.92 Å². The normalized spacial score (nSPS) is 10.0. The van der Waals surface area contributed by atoms with Crippen LogP contribution in [0.1, 0.15) is 27.9 Å². The van der Waals surface area contributed by atoms with Crippen molar-refractivity contribution in [3.05, 3.63) is 65.2 Å². The average molecular weight is 298 g/mol. The summed E-state index contributed by atoms with van der Waals surface area (Å²) in [5.74, 6) is 0.337. The maximum absolute atomic E-state index is 11.6. The Morgan fingerprint density at radius 2 is 1.91 bits per heavy atom. The quantitative estimate of drug-likeness (QED) is 0.581. The summed E-state index contributed by atoms with van der Waals surface area (Å²) in [4.78, 5) is 22.4. The molecule has 0 fully saturated rings. The van der Waals surface area contributed by atoms with E-state index >= 15 is 0 Å². The van der Waals surface area contributed by atoms with Crippen LogP contribution in [0.2, 0.25) is 0 Å². The van der Waals surface area contributed by atoms with E-state index in [0.717, 1.165) is 17.4 Å². The fourth-order valence-corrected chi connectivity index (χ4v) is 1.93. The molecule has 0 saturated heterocycles. The second-order valence-corrected chi connectivity index (χ2v) is 4.88. The van der Waals surface area contributed by atoms with Gasteiger partial charge in [-0.2, -0.15) is 0 Å². The van der Waals surface area contributed by atoms with E-state index in [0.29, 0.717) is 11.3 Å². The molecule has 2 aromatic rings. The molecule has 0 aliphatic heterocycles. The van der Waals surface area contributed by atoms with Gasteiger partial charge >= 0.3 is 5.97 Å². The van der Waals surface area contributed by atoms with Gasteiger partial charge in [-0.1, -0.05) is 30.3 Å². The molecule has 4 heteroatoms. The fraction of sp³-hybridized carbons (Fsp3) is 0.222. The van der Waals surface area contributed by atoms with Crippen molar-refractivity contribution in [2.45, 2.75) is 20.0 Å². The Hall–Kier alpha value is -2.62. The summed E-state index contributed by atoms with van der Waals surface area (Å²) in [6.45, 7) is 2.35. The highest BCUT2D eigenvalue weighted by Crippen LogP contribution is 2.16. The van der Waals surface area contributed by atoms with E-state index in [1.54, 1.807) is 18.2 Å². The third-order valence-corrected chi connectivity index (χ3v) is 3.19. The molecule has 2 rings (SSSR count). The first-order valence-electron chi connectivity index (χ1n) is 7.07. The Bertz CT molecular complexity index is 635. The van der Waals surface area contributed by atoms with Crippen molar-refractivity contribution in [3.63, 3.8) is 0 Å².